The molecular weight excluding hydrogens is 354 g/mol. The average Bonchev–Trinajstić information content (AvgIpc) is 2.73. The molecule has 6 nitrogen and oxygen atoms in total. The van der Waals surface area contributed by atoms with Crippen molar-refractivity contribution in [1.29, 1.82) is 0 Å². The maximum absolute atomic E-state index is 13.1. The van der Waals surface area contributed by atoms with E-state index < -0.39 is 0 Å². The number of piperidine rings is 1. The van der Waals surface area contributed by atoms with Gasteiger partial charge in [-0.25, -0.2) is 0 Å². The molecule has 2 unspecified atom stereocenters. The normalized spacial score (nSPS) is 24.4. The van der Waals surface area contributed by atoms with Crippen LogP contribution in [0.4, 0.5) is 0 Å². The molecule has 0 N–H and O–H groups in total. The van der Waals surface area contributed by atoms with Gasteiger partial charge >= 0.3 is 0 Å². The number of hydrogen-bond acceptors (Lipinski definition) is 4. The molecule has 0 radical (unpaired) electrons. The highest BCUT2D eigenvalue weighted by molar-refractivity contribution is 5.94. The van der Waals surface area contributed by atoms with Crippen LogP contribution in [0.15, 0.2) is 30.3 Å². The van der Waals surface area contributed by atoms with Gasteiger partial charge in [-0.3, -0.25) is 14.5 Å². The van der Waals surface area contributed by atoms with Crippen molar-refractivity contribution in [2.24, 2.45) is 5.92 Å². The minimum Gasteiger partial charge on any atom is -0.383 e. The van der Waals surface area contributed by atoms with Crippen LogP contribution in [0.2, 0.25) is 0 Å². The van der Waals surface area contributed by atoms with Crippen LogP contribution in [-0.4, -0.2) is 85.0 Å². The second-order valence-electron chi connectivity index (χ2n) is 8.10. The van der Waals surface area contributed by atoms with Crippen LogP contribution in [0.1, 0.15) is 37.0 Å². The molecule has 2 amide bonds. The van der Waals surface area contributed by atoms with Crippen LogP contribution >= 0.6 is 0 Å². The van der Waals surface area contributed by atoms with Crippen molar-refractivity contribution in [1.82, 2.24) is 14.7 Å². The minimum absolute atomic E-state index is 0.0322. The maximum atomic E-state index is 13.1. The van der Waals surface area contributed by atoms with E-state index in [0.29, 0.717) is 25.2 Å². The first-order valence-electron chi connectivity index (χ1n) is 10.4. The summed E-state index contributed by atoms with van der Waals surface area (Å²) in [6.45, 7) is 8.86. The summed E-state index contributed by atoms with van der Waals surface area (Å²) in [7, 11) is 1.73. The van der Waals surface area contributed by atoms with Crippen molar-refractivity contribution in [2.75, 3.05) is 46.4 Å². The number of piperazine rings is 1. The number of amides is 2. The van der Waals surface area contributed by atoms with E-state index in [2.05, 4.69) is 18.7 Å². The summed E-state index contributed by atoms with van der Waals surface area (Å²) in [5.74, 6) is 0.363. The van der Waals surface area contributed by atoms with E-state index in [1.165, 1.54) is 0 Å². The Balaban J connectivity index is 1.52. The van der Waals surface area contributed by atoms with Crippen LogP contribution < -0.4 is 0 Å². The van der Waals surface area contributed by atoms with Crippen LogP contribution in [-0.2, 0) is 9.53 Å². The number of likely N-dealkylation sites (tertiary alicyclic amines) is 1. The van der Waals surface area contributed by atoms with E-state index >= 15 is 0 Å². The summed E-state index contributed by atoms with van der Waals surface area (Å²) in [6, 6.07) is 10.1. The predicted octanol–water partition coefficient (Wildman–Crippen LogP) is 2.11. The van der Waals surface area contributed by atoms with Gasteiger partial charge in [-0.2, -0.15) is 0 Å². The largest absolute Gasteiger partial charge is 0.383 e. The third kappa shape index (κ3) is 4.73. The Hall–Kier alpha value is -1.92. The number of carbonyl (C=O) groups is 2. The molecule has 154 valence electrons. The SMILES string of the molecule is COCCN1C(C)CN(C(=O)C2CCN(C(=O)c3ccccc3)CC2)CC1C. The van der Waals surface area contributed by atoms with Gasteiger partial charge in [0.1, 0.15) is 0 Å². The third-order valence-electron chi connectivity index (χ3n) is 6.12. The Morgan fingerprint density at radius 1 is 1.00 bits per heavy atom. The van der Waals surface area contributed by atoms with Crippen molar-refractivity contribution in [3.05, 3.63) is 35.9 Å². The van der Waals surface area contributed by atoms with Crippen LogP contribution in [0.3, 0.4) is 0 Å². The fraction of sp³-hybridized carbons (Fsp3) is 0.636. The van der Waals surface area contributed by atoms with Gasteiger partial charge in [0, 0.05) is 63.4 Å². The summed E-state index contributed by atoms with van der Waals surface area (Å²) in [6.07, 6.45) is 1.51. The quantitative estimate of drug-likeness (QED) is 0.777. The molecule has 2 aliphatic rings. The highest BCUT2D eigenvalue weighted by atomic mass is 16.5. The lowest BCUT2D eigenvalue weighted by molar-refractivity contribution is -0.141. The third-order valence-corrected chi connectivity index (χ3v) is 6.12. The molecule has 0 saturated carbocycles. The topological polar surface area (TPSA) is 53.1 Å². The van der Waals surface area contributed by atoms with E-state index in [9.17, 15) is 9.59 Å². The molecule has 2 fully saturated rings. The van der Waals surface area contributed by atoms with Crippen molar-refractivity contribution < 1.29 is 14.3 Å². The lowest BCUT2D eigenvalue weighted by atomic mass is 9.93. The Kier molecular flexibility index (Phi) is 7.08. The Morgan fingerprint density at radius 3 is 2.18 bits per heavy atom. The van der Waals surface area contributed by atoms with Gasteiger partial charge < -0.3 is 14.5 Å². The fourth-order valence-electron chi connectivity index (χ4n) is 4.53. The molecular formula is C22H33N3O3. The van der Waals surface area contributed by atoms with E-state index in [4.69, 9.17) is 4.74 Å². The number of rotatable bonds is 5. The van der Waals surface area contributed by atoms with Crippen molar-refractivity contribution in [3.63, 3.8) is 0 Å². The monoisotopic (exact) mass is 387 g/mol. The first kappa shape index (κ1) is 20.8. The maximum Gasteiger partial charge on any atom is 0.253 e. The van der Waals surface area contributed by atoms with Gasteiger partial charge in [0.15, 0.2) is 0 Å². The lowest BCUT2D eigenvalue weighted by Crippen LogP contribution is -2.59. The number of ether oxygens (including phenoxy) is 1. The van der Waals surface area contributed by atoms with E-state index in [1.807, 2.05) is 40.1 Å². The second kappa shape index (κ2) is 9.52. The number of benzene rings is 1. The number of carbonyl (C=O) groups excluding carboxylic acids is 2. The predicted molar refractivity (Wildman–Crippen MR) is 109 cm³/mol. The van der Waals surface area contributed by atoms with Crippen LogP contribution in [0, 0.1) is 5.92 Å². The molecule has 3 rings (SSSR count). The number of nitrogens with zero attached hydrogens (tertiary/aromatic N) is 3. The summed E-state index contributed by atoms with van der Waals surface area (Å²) >= 11 is 0. The van der Waals surface area contributed by atoms with Crippen LogP contribution in [0.25, 0.3) is 0 Å². The highest BCUT2D eigenvalue weighted by Gasteiger charge is 2.36. The van der Waals surface area contributed by atoms with Gasteiger partial charge in [-0.05, 0) is 38.8 Å². The molecule has 6 heteroatoms. The molecule has 2 aliphatic heterocycles. The van der Waals surface area contributed by atoms with Crippen LogP contribution in [0.5, 0.6) is 0 Å². The van der Waals surface area contributed by atoms with Crippen molar-refractivity contribution >= 4 is 11.8 Å². The molecule has 2 saturated heterocycles. The van der Waals surface area contributed by atoms with Gasteiger partial charge in [-0.15, -0.1) is 0 Å². The van der Waals surface area contributed by atoms with Crippen molar-refractivity contribution in [2.45, 2.75) is 38.8 Å². The van der Waals surface area contributed by atoms with Gasteiger partial charge in [0.25, 0.3) is 5.91 Å². The zero-order valence-corrected chi connectivity index (χ0v) is 17.3. The molecule has 0 bridgehead atoms. The Bertz CT molecular complexity index is 646. The molecule has 1 aromatic carbocycles. The Morgan fingerprint density at radius 2 is 1.61 bits per heavy atom. The second-order valence-corrected chi connectivity index (χ2v) is 8.10. The number of hydrogen-bond donors (Lipinski definition) is 0. The fourth-order valence-corrected chi connectivity index (χ4v) is 4.53. The van der Waals surface area contributed by atoms with Crippen molar-refractivity contribution in [3.8, 4) is 0 Å². The summed E-state index contributed by atoms with van der Waals surface area (Å²) < 4.78 is 5.22. The van der Waals surface area contributed by atoms with Gasteiger partial charge in [0.05, 0.1) is 6.61 Å². The van der Waals surface area contributed by atoms with E-state index in [-0.39, 0.29) is 17.7 Å². The highest BCUT2D eigenvalue weighted by Crippen LogP contribution is 2.24. The molecule has 2 atom stereocenters. The molecule has 0 aliphatic carbocycles. The zero-order valence-electron chi connectivity index (χ0n) is 17.3. The summed E-state index contributed by atoms with van der Waals surface area (Å²) in [5.41, 5.74) is 0.724. The minimum atomic E-state index is 0.0322. The standard InChI is InChI=1S/C22H33N3O3/c1-17-15-24(16-18(2)25(17)13-14-28-3)22(27)20-9-11-23(12-10-20)21(26)19-7-5-4-6-8-19/h4-8,17-18,20H,9-16H2,1-3H3. The zero-order chi connectivity index (χ0) is 20.1. The first-order chi connectivity index (χ1) is 13.5. The number of methoxy groups -OCH3 is 1. The Labute approximate surface area is 168 Å². The van der Waals surface area contributed by atoms with E-state index in [1.54, 1.807) is 7.11 Å². The smallest absolute Gasteiger partial charge is 0.253 e. The molecule has 1 aromatic rings. The van der Waals surface area contributed by atoms with Gasteiger partial charge in [0.2, 0.25) is 5.91 Å². The molecule has 2 heterocycles. The summed E-state index contributed by atoms with van der Waals surface area (Å²) in [4.78, 5) is 32.0. The van der Waals surface area contributed by atoms with Gasteiger partial charge in [-0.1, -0.05) is 18.2 Å². The molecule has 0 spiro atoms. The molecule has 0 aromatic heterocycles. The molecule has 28 heavy (non-hydrogen) atoms. The van der Waals surface area contributed by atoms with E-state index in [0.717, 1.165) is 44.6 Å². The first-order valence-corrected chi connectivity index (χ1v) is 10.4. The lowest BCUT2D eigenvalue weighted by Gasteiger charge is -2.45. The summed E-state index contributed by atoms with van der Waals surface area (Å²) in [5, 5.41) is 0. The average molecular weight is 388 g/mol.